The molecule has 0 unspecified atom stereocenters. The average Bonchev–Trinajstić information content (AvgIpc) is 3.01. The van der Waals surface area contributed by atoms with Gasteiger partial charge in [0.1, 0.15) is 16.5 Å². The van der Waals surface area contributed by atoms with E-state index in [2.05, 4.69) is 20.2 Å². The van der Waals surface area contributed by atoms with Crippen LogP contribution < -0.4 is 10.2 Å². The summed E-state index contributed by atoms with van der Waals surface area (Å²) < 4.78 is 5.46. The third-order valence-electron chi connectivity index (χ3n) is 4.83. The average molecular weight is 417 g/mol. The van der Waals surface area contributed by atoms with Crippen LogP contribution >= 0.6 is 22.9 Å². The van der Waals surface area contributed by atoms with Crippen molar-refractivity contribution in [2.75, 3.05) is 36.5 Å². The molecule has 1 aliphatic heterocycles. The molecule has 146 valence electrons. The van der Waals surface area contributed by atoms with Crippen LogP contribution in [-0.4, -0.2) is 42.2 Å². The molecule has 4 rings (SSSR count). The first kappa shape index (κ1) is 19.1. The van der Waals surface area contributed by atoms with Crippen molar-refractivity contribution in [1.82, 2.24) is 9.97 Å². The number of carbonyl (C=O) groups excluding carboxylic acids is 1. The highest BCUT2D eigenvalue weighted by Gasteiger charge is 2.24. The summed E-state index contributed by atoms with van der Waals surface area (Å²) in [6, 6.07) is 5.51. The van der Waals surface area contributed by atoms with Crippen molar-refractivity contribution in [3.8, 4) is 0 Å². The molecule has 1 aliphatic rings. The lowest BCUT2D eigenvalue weighted by molar-refractivity contribution is 0.103. The number of benzene rings is 1. The van der Waals surface area contributed by atoms with Crippen molar-refractivity contribution in [3.63, 3.8) is 0 Å². The molecule has 1 N–H and O–H groups in total. The van der Waals surface area contributed by atoms with Crippen LogP contribution in [0.3, 0.4) is 0 Å². The summed E-state index contributed by atoms with van der Waals surface area (Å²) in [5, 5.41) is 4.52. The first-order chi connectivity index (χ1) is 13.4. The van der Waals surface area contributed by atoms with Gasteiger partial charge in [0.05, 0.1) is 23.5 Å². The minimum atomic E-state index is -0.161. The summed E-state index contributed by atoms with van der Waals surface area (Å²) in [4.78, 5) is 25.9. The molecule has 0 radical (unpaired) electrons. The predicted octanol–water partition coefficient (Wildman–Crippen LogP) is 4.36. The van der Waals surface area contributed by atoms with Crippen LogP contribution in [0.5, 0.6) is 0 Å². The molecule has 0 spiro atoms. The fourth-order valence-electron chi connectivity index (χ4n) is 3.30. The van der Waals surface area contributed by atoms with Gasteiger partial charge < -0.3 is 15.0 Å². The molecule has 1 saturated heterocycles. The van der Waals surface area contributed by atoms with Gasteiger partial charge in [0, 0.05) is 23.8 Å². The zero-order valence-corrected chi connectivity index (χ0v) is 17.6. The number of halogens is 1. The summed E-state index contributed by atoms with van der Waals surface area (Å²) in [5.41, 5.74) is 2.55. The quantitative estimate of drug-likeness (QED) is 0.687. The Morgan fingerprint density at radius 1 is 1.21 bits per heavy atom. The Bertz CT molecular complexity index is 1060. The summed E-state index contributed by atoms with van der Waals surface area (Å²) >= 11 is 7.58. The summed E-state index contributed by atoms with van der Waals surface area (Å²) in [7, 11) is 0. The number of fused-ring (bicyclic) bond motifs is 1. The monoisotopic (exact) mass is 416 g/mol. The van der Waals surface area contributed by atoms with Gasteiger partial charge in [0.2, 0.25) is 0 Å². The maximum Gasteiger partial charge on any atom is 0.266 e. The molecule has 8 heteroatoms. The highest BCUT2D eigenvalue weighted by Crippen LogP contribution is 2.36. The molecule has 1 aromatic carbocycles. The molecule has 1 fully saturated rings. The van der Waals surface area contributed by atoms with E-state index in [1.54, 1.807) is 6.07 Å². The van der Waals surface area contributed by atoms with Gasteiger partial charge in [-0.2, -0.15) is 0 Å². The van der Waals surface area contributed by atoms with Crippen molar-refractivity contribution < 1.29 is 9.53 Å². The molecule has 3 aromatic rings. The smallest absolute Gasteiger partial charge is 0.266 e. The van der Waals surface area contributed by atoms with Gasteiger partial charge in [0.15, 0.2) is 0 Å². The standard InChI is InChI=1S/C20H21ClN4O2S/c1-11-4-5-14(10-15(11)21)24-19(26)17-12(2)16-18(25-6-8-27-9-7-25)22-13(3)23-20(16)28-17/h4-5,10H,6-9H2,1-3H3,(H,24,26). The van der Waals surface area contributed by atoms with Crippen LogP contribution in [0.4, 0.5) is 11.5 Å². The Kier molecular flexibility index (Phi) is 5.23. The Hall–Kier alpha value is -2.22. The van der Waals surface area contributed by atoms with Crippen LogP contribution in [0.15, 0.2) is 18.2 Å². The number of hydrogen-bond donors (Lipinski definition) is 1. The van der Waals surface area contributed by atoms with E-state index in [4.69, 9.17) is 16.3 Å². The van der Waals surface area contributed by atoms with Gasteiger partial charge in [-0.25, -0.2) is 9.97 Å². The number of rotatable bonds is 3. The zero-order valence-electron chi connectivity index (χ0n) is 16.0. The SMILES string of the molecule is Cc1nc(N2CCOCC2)c2c(C)c(C(=O)Nc3ccc(C)c(Cl)c3)sc2n1. The Balaban J connectivity index is 1.72. The number of carbonyl (C=O) groups is 1. The third-order valence-corrected chi connectivity index (χ3v) is 6.42. The molecule has 0 saturated carbocycles. The number of nitrogens with one attached hydrogen (secondary N) is 1. The maximum atomic E-state index is 12.9. The molecule has 1 amide bonds. The van der Waals surface area contributed by atoms with Gasteiger partial charge in [-0.1, -0.05) is 17.7 Å². The number of aryl methyl sites for hydroxylation is 3. The van der Waals surface area contributed by atoms with Crippen LogP contribution in [-0.2, 0) is 4.74 Å². The van der Waals surface area contributed by atoms with E-state index in [0.717, 1.165) is 40.3 Å². The maximum absolute atomic E-state index is 12.9. The van der Waals surface area contributed by atoms with Gasteiger partial charge in [0.25, 0.3) is 5.91 Å². The molecule has 3 heterocycles. The lowest BCUT2D eigenvalue weighted by atomic mass is 10.1. The number of ether oxygens (including phenoxy) is 1. The Morgan fingerprint density at radius 2 is 1.96 bits per heavy atom. The van der Waals surface area contributed by atoms with Crippen molar-refractivity contribution in [2.45, 2.75) is 20.8 Å². The van der Waals surface area contributed by atoms with E-state index in [1.807, 2.05) is 32.9 Å². The lowest BCUT2D eigenvalue weighted by Gasteiger charge is -2.28. The molecule has 6 nitrogen and oxygen atoms in total. The van der Waals surface area contributed by atoms with E-state index in [1.165, 1.54) is 11.3 Å². The first-order valence-electron chi connectivity index (χ1n) is 9.12. The molecule has 0 atom stereocenters. The van der Waals surface area contributed by atoms with Crippen molar-refractivity contribution in [2.24, 2.45) is 0 Å². The molecule has 0 bridgehead atoms. The number of anilines is 2. The van der Waals surface area contributed by atoms with E-state index < -0.39 is 0 Å². The summed E-state index contributed by atoms with van der Waals surface area (Å²) in [6.07, 6.45) is 0. The molecular weight excluding hydrogens is 396 g/mol. The van der Waals surface area contributed by atoms with E-state index in [-0.39, 0.29) is 5.91 Å². The van der Waals surface area contributed by atoms with Gasteiger partial charge >= 0.3 is 0 Å². The number of morpholine rings is 1. The van der Waals surface area contributed by atoms with Crippen molar-refractivity contribution >= 4 is 50.6 Å². The van der Waals surface area contributed by atoms with Crippen LogP contribution in [0.25, 0.3) is 10.2 Å². The molecule has 28 heavy (non-hydrogen) atoms. The first-order valence-corrected chi connectivity index (χ1v) is 10.3. The second-order valence-corrected chi connectivity index (χ2v) is 8.25. The molecule has 2 aromatic heterocycles. The van der Waals surface area contributed by atoms with E-state index in [0.29, 0.717) is 34.6 Å². The Labute approximate surface area is 172 Å². The number of thiophene rings is 1. The normalized spacial score (nSPS) is 14.5. The van der Waals surface area contributed by atoms with Crippen LogP contribution in [0, 0.1) is 20.8 Å². The van der Waals surface area contributed by atoms with Crippen molar-refractivity contribution in [1.29, 1.82) is 0 Å². The van der Waals surface area contributed by atoms with Gasteiger partial charge in [-0.3, -0.25) is 4.79 Å². The second kappa shape index (κ2) is 7.66. The lowest BCUT2D eigenvalue weighted by Crippen LogP contribution is -2.37. The van der Waals surface area contributed by atoms with Gasteiger partial charge in [-0.15, -0.1) is 11.3 Å². The van der Waals surface area contributed by atoms with E-state index >= 15 is 0 Å². The highest BCUT2D eigenvalue weighted by atomic mass is 35.5. The van der Waals surface area contributed by atoms with Crippen LogP contribution in [0.1, 0.15) is 26.6 Å². The highest BCUT2D eigenvalue weighted by molar-refractivity contribution is 7.20. The minimum absolute atomic E-state index is 0.161. The molecular formula is C20H21ClN4O2S. The second-order valence-electron chi connectivity index (χ2n) is 6.85. The Morgan fingerprint density at radius 3 is 2.68 bits per heavy atom. The number of nitrogens with zero attached hydrogens (tertiary/aromatic N) is 3. The predicted molar refractivity (Wildman–Crippen MR) is 114 cm³/mol. The summed E-state index contributed by atoms with van der Waals surface area (Å²) in [5.74, 6) is 1.43. The number of hydrogen-bond acceptors (Lipinski definition) is 6. The van der Waals surface area contributed by atoms with E-state index in [9.17, 15) is 4.79 Å². The van der Waals surface area contributed by atoms with Crippen molar-refractivity contribution in [3.05, 3.63) is 45.1 Å². The fraction of sp³-hybridized carbons (Fsp3) is 0.350. The van der Waals surface area contributed by atoms with Gasteiger partial charge in [-0.05, 0) is 44.0 Å². The third kappa shape index (κ3) is 3.57. The molecule has 0 aliphatic carbocycles. The van der Waals surface area contributed by atoms with Crippen LogP contribution in [0.2, 0.25) is 5.02 Å². The largest absolute Gasteiger partial charge is 0.378 e. The number of amides is 1. The minimum Gasteiger partial charge on any atom is -0.378 e. The zero-order chi connectivity index (χ0) is 19.8. The topological polar surface area (TPSA) is 67.4 Å². The fourth-order valence-corrected chi connectivity index (χ4v) is 4.60. The number of aromatic nitrogens is 2. The summed E-state index contributed by atoms with van der Waals surface area (Å²) in [6.45, 7) is 8.68.